The Bertz CT molecular complexity index is 1020. The van der Waals surface area contributed by atoms with Gasteiger partial charge >= 0.3 is 0 Å². The molecule has 1 saturated heterocycles. The molecule has 4 rings (SSSR count). The summed E-state index contributed by atoms with van der Waals surface area (Å²) in [4.78, 5) is 19.6. The van der Waals surface area contributed by atoms with Crippen LogP contribution in [0.4, 0.5) is 5.13 Å². The number of nitrogens with one attached hydrogen (secondary N) is 1. The molecule has 7 nitrogen and oxygen atoms in total. The Morgan fingerprint density at radius 2 is 2.07 bits per heavy atom. The lowest BCUT2D eigenvalue weighted by atomic mass is 9.97. The molecule has 1 unspecified atom stereocenters. The van der Waals surface area contributed by atoms with Gasteiger partial charge in [-0.3, -0.25) is 15.0 Å². The lowest BCUT2D eigenvalue weighted by Crippen LogP contribution is -2.40. The monoisotopic (exact) mass is 412 g/mol. The van der Waals surface area contributed by atoms with Crippen molar-refractivity contribution in [3.63, 3.8) is 0 Å². The molecule has 0 radical (unpaired) electrons. The lowest BCUT2D eigenvalue weighted by Gasteiger charge is -2.31. The molecule has 1 aliphatic rings. The van der Waals surface area contributed by atoms with Crippen LogP contribution in [0.15, 0.2) is 24.3 Å². The summed E-state index contributed by atoms with van der Waals surface area (Å²) in [5.41, 5.74) is 2.13. The van der Waals surface area contributed by atoms with Crippen LogP contribution in [0, 0.1) is 0 Å². The Labute approximate surface area is 175 Å². The predicted octanol–water partition coefficient (Wildman–Crippen LogP) is 3.54. The molecule has 8 heteroatoms. The average molecular weight is 413 g/mol. The van der Waals surface area contributed by atoms with Crippen LogP contribution in [-0.4, -0.2) is 50.2 Å². The smallest absolute Gasteiger partial charge is 0.240 e. The van der Waals surface area contributed by atoms with Gasteiger partial charge in [0.1, 0.15) is 10.8 Å². The van der Waals surface area contributed by atoms with Crippen molar-refractivity contribution in [2.24, 2.45) is 7.05 Å². The van der Waals surface area contributed by atoms with Crippen LogP contribution in [0.2, 0.25) is 0 Å². The Morgan fingerprint density at radius 3 is 2.79 bits per heavy atom. The van der Waals surface area contributed by atoms with E-state index >= 15 is 0 Å². The second-order valence-corrected chi connectivity index (χ2v) is 9.78. The molecule has 0 saturated carbocycles. The summed E-state index contributed by atoms with van der Waals surface area (Å²) < 4.78 is 2.19. The van der Waals surface area contributed by atoms with E-state index in [4.69, 9.17) is 4.98 Å². The van der Waals surface area contributed by atoms with Gasteiger partial charge in [-0.25, -0.2) is 4.98 Å². The molecule has 1 aliphatic heterocycles. The summed E-state index contributed by atoms with van der Waals surface area (Å²) >= 11 is 1.45. The minimum Gasteiger partial charge on any atom is -0.331 e. The van der Waals surface area contributed by atoms with Crippen LogP contribution in [0.25, 0.3) is 11.0 Å². The minimum absolute atomic E-state index is 0.0349. The number of para-hydroxylation sites is 2. The second-order valence-electron chi connectivity index (χ2n) is 8.80. The lowest BCUT2D eigenvalue weighted by molar-refractivity contribution is -0.117. The quantitative estimate of drug-likeness (QED) is 0.709. The molecular formula is C21H28N6OS. The number of hydrogen-bond donors (Lipinski definition) is 1. The van der Waals surface area contributed by atoms with Crippen molar-refractivity contribution < 1.29 is 4.79 Å². The predicted molar refractivity (Wildman–Crippen MR) is 116 cm³/mol. The van der Waals surface area contributed by atoms with Crippen LogP contribution < -0.4 is 5.32 Å². The highest BCUT2D eigenvalue weighted by molar-refractivity contribution is 7.15. The number of likely N-dealkylation sites (tertiary alicyclic amines) is 1. The van der Waals surface area contributed by atoms with E-state index in [2.05, 4.69) is 64.9 Å². The van der Waals surface area contributed by atoms with Gasteiger partial charge < -0.3 is 4.57 Å². The van der Waals surface area contributed by atoms with Gasteiger partial charge in [0.05, 0.1) is 17.6 Å². The molecular weight excluding hydrogens is 384 g/mol. The van der Waals surface area contributed by atoms with E-state index in [0.717, 1.165) is 47.8 Å². The third-order valence-corrected chi connectivity index (χ3v) is 6.64. The van der Waals surface area contributed by atoms with E-state index in [9.17, 15) is 4.79 Å². The Hall–Kier alpha value is -2.32. The molecule has 1 aromatic carbocycles. The van der Waals surface area contributed by atoms with Gasteiger partial charge in [0.15, 0.2) is 0 Å². The number of fused-ring (bicyclic) bond motifs is 1. The topological polar surface area (TPSA) is 75.9 Å². The Kier molecular flexibility index (Phi) is 5.40. The number of nitrogens with zero attached hydrogens (tertiary/aromatic N) is 5. The summed E-state index contributed by atoms with van der Waals surface area (Å²) in [5, 5.41) is 12.7. The van der Waals surface area contributed by atoms with E-state index in [1.807, 2.05) is 12.1 Å². The second kappa shape index (κ2) is 7.84. The summed E-state index contributed by atoms with van der Waals surface area (Å²) in [5.74, 6) is 1.41. The fraction of sp³-hybridized carbons (Fsp3) is 0.524. The number of aromatic nitrogens is 4. The van der Waals surface area contributed by atoms with E-state index in [-0.39, 0.29) is 11.3 Å². The third-order valence-electron chi connectivity index (χ3n) is 5.37. The number of piperidine rings is 1. The van der Waals surface area contributed by atoms with E-state index < -0.39 is 0 Å². The third kappa shape index (κ3) is 4.33. The molecule has 1 amide bonds. The molecule has 1 N–H and O–H groups in total. The van der Waals surface area contributed by atoms with Crippen molar-refractivity contribution in [1.82, 2.24) is 24.6 Å². The number of benzene rings is 1. The number of hydrogen-bond acceptors (Lipinski definition) is 6. The molecule has 3 aromatic rings. The average Bonchev–Trinajstić information content (AvgIpc) is 3.27. The van der Waals surface area contributed by atoms with Gasteiger partial charge in [-0.1, -0.05) is 44.2 Å². The molecule has 154 valence electrons. The van der Waals surface area contributed by atoms with Crippen LogP contribution >= 0.6 is 11.3 Å². The maximum Gasteiger partial charge on any atom is 0.240 e. The minimum atomic E-state index is -0.0631. The van der Waals surface area contributed by atoms with Crippen molar-refractivity contribution in [2.75, 3.05) is 25.0 Å². The van der Waals surface area contributed by atoms with Gasteiger partial charge in [-0.2, -0.15) is 0 Å². The van der Waals surface area contributed by atoms with E-state index in [1.165, 1.54) is 11.3 Å². The maximum atomic E-state index is 12.6. The fourth-order valence-electron chi connectivity index (χ4n) is 3.88. The first-order chi connectivity index (χ1) is 13.8. The van der Waals surface area contributed by atoms with Gasteiger partial charge in [0.25, 0.3) is 0 Å². The number of rotatable bonds is 4. The molecule has 0 spiro atoms. The zero-order valence-electron chi connectivity index (χ0n) is 17.5. The van der Waals surface area contributed by atoms with Crippen molar-refractivity contribution in [3.05, 3.63) is 35.1 Å². The summed E-state index contributed by atoms with van der Waals surface area (Å²) in [6.45, 7) is 8.41. The van der Waals surface area contributed by atoms with Crippen LogP contribution in [0.3, 0.4) is 0 Å². The number of aryl methyl sites for hydroxylation is 1. The van der Waals surface area contributed by atoms with Gasteiger partial charge in [0, 0.05) is 24.9 Å². The molecule has 0 aliphatic carbocycles. The maximum absolute atomic E-state index is 12.6. The summed E-state index contributed by atoms with van der Waals surface area (Å²) in [6.07, 6.45) is 2.16. The highest BCUT2D eigenvalue weighted by atomic mass is 32.1. The molecule has 1 atom stereocenters. The van der Waals surface area contributed by atoms with Gasteiger partial charge in [-0.15, -0.1) is 10.2 Å². The zero-order chi connectivity index (χ0) is 20.6. The molecule has 1 fully saturated rings. The normalized spacial score (nSPS) is 18.3. The number of carbonyl (C=O) groups is 1. The Morgan fingerprint density at radius 1 is 1.28 bits per heavy atom. The molecule has 3 heterocycles. The number of anilines is 1. The van der Waals surface area contributed by atoms with E-state index in [0.29, 0.717) is 17.6 Å². The van der Waals surface area contributed by atoms with E-state index in [1.54, 1.807) is 0 Å². The first-order valence-electron chi connectivity index (χ1n) is 10.1. The van der Waals surface area contributed by atoms with Crippen LogP contribution in [0.5, 0.6) is 0 Å². The first kappa shape index (κ1) is 20.0. The fourth-order valence-corrected chi connectivity index (χ4v) is 4.70. The largest absolute Gasteiger partial charge is 0.331 e. The van der Waals surface area contributed by atoms with Crippen molar-refractivity contribution >= 4 is 33.4 Å². The SMILES string of the molecule is Cn1c(C2CCCN(CC(=O)Nc3nnc(C(C)(C)C)s3)C2)nc2ccccc21. The number of amides is 1. The van der Waals surface area contributed by atoms with Gasteiger partial charge in [0.2, 0.25) is 11.0 Å². The highest BCUT2D eigenvalue weighted by Gasteiger charge is 2.27. The summed E-state index contributed by atoms with van der Waals surface area (Å²) in [7, 11) is 2.08. The molecule has 2 aromatic heterocycles. The van der Waals surface area contributed by atoms with Crippen molar-refractivity contribution in [1.29, 1.82) is 0 Å². The van der Waals surface area contributed by atoms with Crippen molar-refractivity contribution in [3.8, 4) is 0 Å². The Balaban J connectivity index is 1.40. The molecule has 0 bridgehead atoms. The molecule has 29 heavy (non-hydrogen) atoms. The van der Waals surface area contributed by atoms with Crippen LogP contribution in [-0.2, 0) is 17.3 Å². The standard InChI is InChI=1S/C21H28N6OS/c1-21(2,3)19-24-25-20(29-19)23-17(28)13-27-11-7-8-14(12-27)18-22-15-9-5-6-10-16(15)26(18)4/h5-6,9-10,14H,7-8,11-13H2,1-4H3,(H,23,25,28). The number of imidazole rings is 1. The van der Waals surface area contributed by atoms with Gasteiger partial charge in [-0.05, 0) is 31.5 Å². The van der Waals surface area contributed by atoms with Crippen LogP contribution in [0.1, 0.15) is 50.4 Å². The number of carbonyl (C=O) groups excluding carboxylic acids is 1. The first-order valence-corrected chi connectivity index (χ1v) is 10.9. The summed E-state index contributed by atoms with van der Waals surface area (Å²) in [6, 6.07) is 8.23. The van der Waals surface area contributed by atoms with Crippen molar-refractivity contribution in [2.45, 2.75) is 44.9 Å². The highest BCUT2D eigenvalue weighted by Crippen LogP contribution is 2.29. The zero-order valence-corrected chi connectivity index (χ0v) is 18.3.